The number of hydrogen-bond donors (Lipinski definition) is 1. The van der Waals surface area contributed by atoms with E-state index in [0.717, 1.165) is 12.3 Å². The molecular formula is C12H20N2S. The van der Waals surface area contributed by atoms with Crippen molar-refractivity contribution in [1.29, 1.82) is 0 Å². The topological polar surface area (TPSA) is 38.9 Å². The molecular weight excluding hydrogens is 204 g/mol. The monoisotopic (exact) mass is 224 g/mol. The lowest BCUT2D eigenvalue weighted by atomic mass is 9.90. The summed E-state index contributed by atoms with van der Waals surface area (Å²) in [5.41, 5.74) is 6.82. The first kappa shape index (κ1) is 11.1. The minimum Gasteiger partial charge on any atom is -0.330 e. The largest absolute Gasteiger partial charge is 0.330 e. The molecule has 1 saturated carbocycles. The average molecular weight is 224 g/mol. The number of hydrogen-bond acceptors (Lipinski definition) is 3. The predicted octanol–water partition coefficient (Wildman–Crippen LogP) is 3.00. The Hall–Kier alpha value is -0.410. The quantitative estimate of drug-likeness (QED) is 0.857. The lowest BCUT2D eigenvalue weighted by Gasteiger charge is -2.18. The minimum atomic E-state index is 0.717. The van der Waals surface area contributed by atoms with Gasteiger partial charge in [0, 0.05) is 17.2 Å². The summed E-state index contributed by atoms with van der Waals surface area (Å²) < 4.78 is 0. The molecule has 0 aromatic carbocycles. The van der Waals surface area contributed by atoms with Crippen LogP contribution in [-0.2, 0) is 6.42 Å². The van der Waals surface area contributed by atoms with Gasteiger partial charge >= 0.3 is 0 Å². The van der Waals surface area contributed by atoms with Gasteiger partial charge in [0.2, 0.25) is 0 Å². The van der Waals surface area contributed by atoms with Crippen LogP contribution in [0.15, 0.2) is 0 Å². The number of aryl methyl sites for hydroxylation is 1. The fourth-order valence-corrected chi connectivity index (χ4v) is 3.48. The molecule has 2 nitrogen and oxygen atoms in total. The van der Waals surface area contributed by atoms with E-state index in [-0.39, 0.29) is 0 Å². The molecule has 0 spiro atoms. The Morgan fingerprint density at radius 3 is 2.73 bits per heavy atom. The van der Waals surface area contributed by atoms with Crippen LogP contribution in [0.2, 0.25) is 0 Å². The van der Waals surface area contributed by atoms with Gasteiger partial charge < -0.3 is 5.73 Å². The van der Waals surface area contributed by atoms with Crippen LogP contribution in [0.4, 0.5) is 0 Å². The molecule has 0 atom stereocenters. The lowest BCUT2D eigenvalue weighted by molar-refractivity contribution is 0.442. The summed E-state index contributed by atoms with van der Waals surface area (Å²) in [5.74, 6) is 0.744. The van der Waals surface area contributed by atoms with Crippen LogP contribution in [0.5, 0.6) is 0 Å². The van der Waals surface area contributed by atoms with Crippen molar-refractivity contribution < 1.29 is 0 Å². The van der Waals surface area contributed by atoms with E-state index < -0.39 is 0 Å². The molecule has 0 saturated heterocycles. The molecule has 0 radical (unpaired) electrons. The standard InChI is InChI=1S/C12H20N2S/c1-9-11(7-8-13)14-12(15-9)10-5-3-2-4-6-10/h10H,2-8,13H2,1H3. The fourth-order valence-electron chi connectivity index (χ4n) is 2.34. The zero-order chi connectivity index (χ0) is 10.7. The zero-order valence-corrected chi connectivity index (χ0v) is 10.3. The summed E-state index contributed by atoms with van der Waals surface area (Å²) in [6, 6.07) is 0. The summed E-state index contributed by atoms with van der Waals surface area (Å²) >= 11 is 1.89. The van der Waals surface area contributed by atoms with Crippen LogP contribution < -0.4 is 5.73 Å². The molecule has 0 aliphatic heterocycles. The fraction of sp³-hybridized carbons (Fsp3) is 0.750. The van der Waals surface area contributed by atoms with E-state index in [1.54, 1.807) is 0 Å². The third-order valence-electron chi connectivity index (χ3n) is 3.24. The van der Waals surface area contributed by atoms with Gasteiger partial charge in [0.25, 0.3) is 0 Å². The van der Waals surface area contributed by atoms with Crippen LogP contribution in [0, 0.1) is 6.92 Å². The summed E-state index contributed by atoms with van der Waals surface area (Å²) in [6.45, 7) is 2.89. The molecule has 1 fully saturated rings. The highest BCUT2D eigenvalue weighted by atomic mass is 32.1. The van der Waals surface area contributed by atoms with Crippen LogP contribution in [0.3, 0.4) is 0 Å². The van der Waals surface area contributed by atoms with Gasteiger partial charge in [-0.05, 0) is 26.3 Å². The van der Waals surface area contributed by atoms with Crippen molar-refractivity contribution in [3.63, 3.8) is 0 Å². The highest BCUT2D eigenvalue weighted by molar-refractivity contribution is 7.11. The van der Waals surface area contributed by atoms with Gasteiger partial charge in [-0.25, -0.2) is 4.98 Å². The zero-order valence-electron chi connectivity index (χ0n) is 9.46. The molecule has 84 valence electrons. The molecule has 1 aliphatic rings. The number of rotatable bonds is 3. The maximum absolute atomic E-state index is 5.58. The Balaban J connectivity index is 2.10. The number of nitrogens with zero attached hydrogens (tertiary/aromatic N) is 1. The van der Waals surface area contributed by atoms with Crippen molar-refractivity contribution in [2.45, 2.75) is 51.4 Å². The molecule has 1 aromatic heterocycles. The normalized spacial score (nSPS) is 18.3. The van der Waals surface area contributed by atoms with E-state index in [4.69, 9.17) is 10.7 Å². The second-order valence-electron chi connectivity index (χ2n) is 4.43. The third-order valence-corrected chi connectivity index (χ3v) is 4.42. The highest BCUT2D eigenvalue weighted by Gasteiger charge is 2.19. The van der Waals surface area contributed by atoms with Gasteiger partial charge in [0.15, 0.2) is 0 Å². The second kappa shape index (κ2) is 5.08. The lowest BCUT2D eigenvalue weighted by Crippen LogP contribution is -2.06. The Morgan fingerprint density at radius 2 is 2.07 bits per heavy atom. The van der Waals surface area contributed by atoms with E-state index in [2.05, 4.69) is 6.92 Å². The Kier molecular flexibility index (Phi) is 3.76. The predicted molar refractivity (Wildman–Crippen MR) is 65.4 cm³/mol. The molecule has 1 aliphatic carbocycles. The van der Waals surface area contributed by atoms with Crippen molar-refractivity contribution in [3.8, 4) is 0 Å². The van der Waals surface area contributed by atoms with Gasteiger partial charge in [0.1, 0.15) is 0 Å². The van der Waals surface area contributed by atoms with Gasteiger partial charge in [-0.2, -0.15) is 0 Å². The van der Waals surface area contributed by atoms with Gasteiger partial charge in [0.05, 0.1) is 10.7 Å². The molecule has 2 rings (SSSR count). The third kappa shape index (κ3) is 2.58. The van der Waals surface area contributed by atoms with Crippen molar-refractivity contribution >= 4 is 11.3 Å². The molecule has 15 heavy (non-hydrogen) atoms. The summed E-state index contributed by atoms with van der Waals surface area (Å²) in [4.78, 5) is 6.14. The molecule has 3 heteroatoms. The first-order valence-electron chi connectivity index (χ1n) is 5.97. The number of nitrogens with two attached hydrogens (primary N) is 1. The Bertz CT molecular complexity index is 313. The van der Waals surface area contributed by atoms with Crippen LogP contribution >= 0.6 is 11.3 Å². The van der Waals surface area contributed by atoms with Crippen LogP contribution in [0.1, 0.15) is 53.6 Å². The molecule has 2 N–H and O–H groups in total. The summed E-state index contributed by atoms with van der Waals surface area (Å²) in [6.07, 6.45) is 7.81. The molecule has 1 aromatic rings. The summed E-state index contributed by atoms with van der Waals surface area (Å²) in [5, 5.41) is 1.37. The van der Waals surface area contributed by atoms with Gasteiger partial charge in [-0.15, -0.1) is 11.3 Å². The van der Waals surface area contributed by atoms with Crippen LogP contribution in [0.25, 0.3) is 0 Å². The maximum atomic E-state index is 5.58. The van der Waals surface area contributed by atoms with Crippen molar-refractivity contribution in [1.82, 2.24) is 4.98 Å². The molecule has 0 amide bonds. The van der Waals surface area contributed by atoms with Crippen molar-refractivity contribution in [2.24, 2.45) is 5.73 Å². The summed E-state index contributed by atoms with van der Waals surface area (Å²) in [7, 11) is 0. The van der Waals surface area contributed by atoms with E-state index in [9.17, 15) is 0 Å². The average Bonchev–Trinajstić information content (AvgIpc) is 2.63. The molecule has 0 bridgehead atoms. The Labute approximate surface area is 95.9 Å². The van der Waals surface area contributed by atoms with Gasteiger partial charge in [-0.1, -0.05) is 19.3 Å². The molecule has 0 unspecified atom stereocenters. The molecule has 1 heterocycles. The van der Waals surface area contributed by atoms with E-state index in [0.29, 0.717) is 6.54 Å². The first-order chi connectivity index (χ1) is 7.31. The SMILES string of the molecule is Cc1sc(C2CCCCC2)nc1CCN. The van der Waals surface area contributed by atoms with E-state index >= 15 is 0 Å². The van der Waals surface area contributed by atoms with E-state index in [1.165, 1.54) is 47.7 Å². The van der Waals surface area contributed by atoms with Gasteiger partial charge in [-0.3, -0.25) is 0 Å². The number of aromatic nitrogens is 1. The number of thiazole rings is 1. The Morgan fingerprint density at radius 1 is 1.33 bits per heavy atom. The smallest absolute Gasteiger partial charge is 0.0961 e. The first-order valence-corrected chi connectivity index (χ1v) is 6.79. The van der Waals surface area contributed by atoms with Crippen molar-refractivity contribution in [3.05, 3.63) is 15.6 Å². The second-order valence-corrected chi connectivity index (χ2v) is 5.66. The maximum Gasteiger partial charge on any atom is 0.0961 e. The van der Waals surface area contributed by atoms with E-state index in [1.807, 2.05) is 11.3 Å². The van der Waals surface area contributed by atoms with Crippen molar-refractivity contribution in [2.75, 3.05) is 6.54 Å². The highest BCUT2D eigenvalue weighted by Crippen LogP contribution is 2.35. The van der Waals surface area contributed by atoms with Crippen LogP contribution in [-0.4, -0.2) is 11.5 Å². The minimum absolute atomic E-state index is 0.717.